The summed E-state index contributed by atoms with van der Waals surface area (Å²) in [6.45, 7) is 3.68. The zero-order chi connectivity index (χ0) is 17.4. The predicted octanol–water partition coefficient (Wildman–Crippen LogP) is 3.31. The highest BCUT2D eigenvalue weighted by Crippen LogP contribution is 2.35. The lowest BCUT2D eigenvalue weighted by Gasteiger charge is -2.37. The summed E-state index contributed by atoms with van der Waals surface area (Å²) in [4.78, 5) is 13.6. The van der Waals surface area contributed by atoms with E-state index in [4.69, 9.17) is 28.9 Å². The highest BCUT2D eigenvalue weighted by molar-refractivity contribution is 6.42. The molecular formula is C18H21Cl2N5. The first kappa shape index (κ1) is 16.9. The van der Waals surface area contributed by atoms with Crippen molar-refractivity contribution in [3.05, 3.63) is 46.3 Å². The number of anilines is 2. The minimum atomic E-state index is 0.332. The van der Waals surface area contributed by atoms with Gasteiger partial charge < -0.3 is 15.5 Å². The Labute approximate surface area is 157 Å². The van der Waals surface area contributed by atoms with Gasteiger partial charge >= 0.3 is 0 Å². The molecule has 1 aromatic carbocycles. The van der Waals surface area contributed by atoms with Crippen LogP contribution in [0.25, 0.3) is 0 Å². The topological polar surface area (TPSA) is 58.3 Å². The summed E-state index contributed by atoms with van der Waals surface area (Å²) in [5, 5.41) is 1.19. The molecule has 5 nitrogen and oxygen atoms in total. The molecule has 2 aliphatic rings. The first-order chi connectivity index (χ1) is 12.1. The highest BCUT2D eigenvalue weighted by atomic mass is 35.5. The van der Waals surface area contributed by atoms with Gasteiger partial charge in [0, 0.05) is 55.6 Å². The average Bonchev–Trinajstić information content (AvgIpc) is 2.62. The standard InChI is InChI=1S/C18H21Cl2N5/c19-15-2-1-14(9-16(15)20)24-3-5-25(6-4-24)18-10-17(22-11-23-18)12-7-13(21)8-12/h1-2,9-13H,3-8,21H2. The van der Waals surface area contributed by atoms with Crippen molar-refractivity contribution in [2.24, 2.45) is 5.73 Å². The Morgan fingerprint density at radius 1 is 0.920 bits per heavy atom. The van der Waals surface area contributed by atoms with Crippen LogP contribution in [0.4, 0.5) is 11.5 Å². The van der Waals surface area contributed by atoms with E-state index in [1.807, 2.05) is 18.2 Å². The van der Waals surface area contributed by atoms with E-state index in [1.165, 1.54) is 0 Å². The minimum absolute atomic E-state index is 0.332. The molecule has 2 aromatic rings. The second-order valence-electron chi connectivity index (χ2n) is 6.80. The van der Waals surface area contributed by atoms with E-state index >= 15 is 0 Å². The maximum atomic E-state index is 6.14. The van der Waals surface area contributed by atoms with Crippen LogP contribution < -0.4 is 15.5 Å². The van der Waals surface area contributed by atoms with Crippen LogP contribution in [0.5, 0.6) is 0 Å². The summed E-state index contributed by atoms with van der Waals surface area (Å²) >= 11 is 12.1. The van der Waals surface area contributed by atoms with Gasteiger partial charge in [0.05, 0.1) is 10.0 Å². The zero-order valence-corrected chi connectivity index (χ0v) is 15.4. The van der Waals surface area contributed by atoms with Gasteiger partial charge in [-0.1, -0.05) is 23.2 Å². The molecule has 4 rings (SSSR count). The van der Waals surface area contributed by atoms with Crippen LogP contribution in [-0.2, 0) is 0 Å². The molecule has 0 radical (unpaired) electrons. The number of piperazine rings is 1. The lowest BCUT2D eigenvalue weighted by molar-refractivity contribution is 0.345. The number of halogens is 2. The lowest BCUT2D eigenvalue weighted by atomic mass is 9.78. The molecule has 7 heteroatoms. The molecule has 1 aromatic heterocycles. The molecule has 2 N–H and O–H groups in total. The first-order valence-corrected chi connectivity index (χ1v) is 9.38. The number of nitrogens with zero attached hydrogens (tertiary/aromatic N) is 4. The van der Waals surface area contributed by atoms with Crippen molar-refractivity contribution in [2.75, 3.05) is 36.0 Å². The zero-order valence-electron chi connectivity index (χ0n) is 13.9. The van der Waals surface area contributed by atoms with Gasteiger partial charge in [-0.15, -0.1) is 0 Å². The van der Waals surface area contributed by atoms with Crippen LogP contribution in [0.3, 0.4) is 0 Å². The fourth-order valence-corrected chi connectivity index (χ4v) is 3.83. The largest absolute Gasteiger partial charge is 0.368 e. The predicted molar refractivity (Wildman–Crippen MR) is 103 cm³/mol. The lowest BCUT2D eigenvalue weighted by Crippen LogP contribution is -2.47. The third-order valence-electron chi connectivity index (χ3n) is 5.14. The Morgan fingerprint density at radius 2 is 1.64 bits per heavy atom. The van der Waals surface area contributed by atoms with Crippen molar-refractivity contribution < 1.29 is 0 Å². The second-order valence-corrected chi connectivity index (χ2v) is 7.62. The molecule has 2 heterocycles. The van der Waals surface area contributed by atoms with Crippen LogP contribution in [0.2, 0.25) is 10.0 Å². The van der Waals surface area contributed by atoms with Gasteiger partial charge in [-0.05, 0) is 31.0 Å². The molecule has 0 amide bonds. The Morgan fingerprint density at radius 3 is 2.32 bits per heavy atom. The normalized spacial score (nSPS) is 23.5. The number of aromatic nitrogens is 2. The summed E-state index contributed by atoms with van der Waals surface area (Å²) in [6.07, 6.45) is 3.74. The summed E-state index contributed by atoms with van der Waals surface area (Å²) in [6, 6.07) is 8.27. The van der Waals surface area contributed by atoms with Gasteiger partial charge in [-0.25, -0.2) is 9.97 Å². The Balaban J connectivity index is 1.41. The van der Waals surface area contributed by atoms with Crippen LogP contribution in [0.15, 0.2) is 30.6 Å². The molecule has 1 aliphatic heterocycles. The van der Waals surface area contributed by atoms with E-state index in [9.17, 15) is 0 Å². The van der Waals surface area contributed by atoms with Crippen molar-refractivity contribution in [1.29, 1.82) is 0 Å². The van der Waals surface area contributed by atoms with Gasteiger partial charge in [0.25, 0.3) is 0 Å². The number of rotatable bonds is 3. The maximum absolute atomic E-state index is 6.14. The fraction of sp³-hybridized carbons (Fsp3) is 0.444. The van der Waals surface area contributed by atoms with Crippen molar-refractivity contribution >= 4 is 34.7 Å². The van der Waals surface area contributed by atoms with Gasteiger partial charge in [0.2, 0.25) is 0 Å². The van der Waals surface area contributed by atoms with Gasteiger partial charge in [0.15, 0.2) is 0 Å². The third-order valence-corrected chi connectivity index (χ3v) is 5.88. The minimum Gasteiger partial charge on any atom is -0.368 e. The first-order valence-electron chi connectivity index (χ1n) is 8.62. The monoisotopic (exact) mass is 377 g/mol. The molecule has 0 spiro atoms. The SMILES string of the molecule is NC1CC(c2cc(N3CCN(c4ccc(Cl)c(Cl)c4)CC3)ncn2)C1. The Kier molecular flexibility index (Phi) is 4.71. The summed E-state index contributed by atoms with van der Waals surface area (Å²) < 4.78 is 0. The average molecular weight is 378 g/mol. The molecular weight excluding hydrogens is 357 g/mol. The van der Waals surface area contributed by atoms with Crippen molar-refractivity contribution in [3.8, 4) is 0 Å². The molecule has 2 fully saturated rings. The van der Waals surface area contributed by atoms with E-state index < -0.39 is 0 Å². The fourth-order valence-electron chi connectivity index (χ4n) is 3.54. The van der Waals surface area contributed by atoms with E-state index in [0.29, 0.717) is 22.0 Å². The van der Waals surface area contributed by atoms with Crippen molar-refractivity contribution in [3.63, 3.8) is 0 Å². The van der Waals surface area contributed by atoms with Crippen LogP contribution in [-0.4, -0.2) is 42.2 Å². The van der Waals surface area contributed by atoms with Crippen LogP contribution in [0.1, 0.15) is 24.5 Å². The van der Waals surface area contributed by atoms with Crippen LogP contribution >= 0.6 is 23.2 Å². The third kappa shape index (κ3) is 3.54. The Hall–Kier alpha value is -1.56. The molecule has 0 bridgehead atoms. The summed E-state index contributed by atoms with van der Waals surface area (Å²) in [7, 11) is 0. The maximum Gasteiger partial charge on any atom is 0.132 e. The van der Waals surface area contributed by atoms with Crippen molar-refractivity contribution in [2.45, 2.75) is 24.8 Å². The molecule has 1 saturated heterocycles. The van der Waals surface area contributed by atoms with E-state index in [-0.39, 0.29) is 0 Å². The molecule has 0 atom stereocenters. The Bertz CT molecular complexity index is 755. The smallest absolute Gasteiger partial charge is 0.132 e. The highest BCUT2D eigenvalue weighted by Gasteiger charge is 2.29. The van der Waals surface area contributed by atoms with E-state index in [2.05, 4.69) is 25.8 Å². The van der Waals surface area contributed by atoms with Crippen LogP contribution in [0, 0.1) is 0 Å². The van der Waals surface area contributed by atoms with E-state index in [0.717, 1.165) is 56.2 Å². The molecule has 1 aliphatic carbocycles. The summed E-state index contributed by atoms with van der Waals surface area (Å²) in [5.41, 5.74) is 8.14. The number of hydrogen-bond acceptors (Lipinski definition) is 5. The molecule has 25 heavy (non-hydrogen) atoms. The molecule has 1 saturated carbocycles. The second kappa shape index (κ2) is 6.98. The quantitative estimate of drug-likeness (QED) is 0.888. The molecule has 132 valence electrons. The molecule has 0 unspecified atom stereocenters. The number of benzene rings is 1. The summed E-state index contributed by atoms with van der Waals surface area (Å²) in [5.74, 6) is 1.51. The van der Waals surface area contributed by atoms with Gasteiger partial charge in [-0.3, -0.25) is 0 Å². The van der Waals surface area contributed by atoms with Gasteiger partial charge in [-0.2, -0.15) is 0 Å². The van der Waals surface area contributed by atoms with Crippen molar-refractivity contribution in [1.82, 2.24) is 9.97 Å². The van der Waals surface area contributed by atoms with Gasteiger partial charge in [0.1, 0.15) is 12.1 Å². The number of hydrogen-bond donors (Lipinski definition) is 1. The number of nitrogens with two attached hydrogens (primary N) is 1. The van der Waals surface area contributed by atoms with E-state index in [1.54, 1.807) is 6.33 Å².